The molecule has 1 fully saturated rings. The molecular formula is C16H19N3O3. The zero-order valence-electron chi connectivity index (χ0n) is 12.7. The molecular weight excluding hydrogens is 282 g/mol. The van der Waals surface area contributed by atoms with Crippen molar-refractivity contribution >= 4 is 23.3 Å². The van der Waals surface area contributed by atoms with Crippen molar-refractivity contribution in [3.8, 4) is 0 Å². The number of rotatable bonds is 5. The Bertz CT molecular complexity index is 622. The summed E-state index contributed by atoms with van der Waals surface area (Å²) in [5.41, 5.74) is 1.81. The van der Waals surface area contributed by atoms with E-state index in [-0.39, 0.29) is 11.9 Å². The smallest absolute Gasteiger partial charge is 0.332 e. The molecule has 1 heterocycles. The monoisotopic (exact) mass is 301 g/mol. The van der Waals surface area contributed by atoms with Crippen LogP contribution in [-0.2, 0) is 4.79 Å². The summed E-state index contributed by atoms with van der Waals surface area (Å²) < 4.78 is 0. The van der Waals surface area contributed by atoms with E-state index in [1.165, 1.54) is 9.80 Å². The Balaban J connectivity index is 2.30. The Labute approximate surface area is 129 Å². The molecule has 0 spiro atoms. The van der Waals surface area contributed by atoms with Crippen LogP contribution in [0.5, 0.6) is 0 Å². The van der Waals surface area contributed by atoms with Crippen molar-refractivity contribution < 1.29 is 14.8 Å². The minimum absolute atomic E-state index is 0.258. The largest absolute Gasteiger partial charge is 0.411 e. The number of imide groups is 1. The van der Waals surface area contributed by atoms with Crippen LogP contribution in [0.1, 0.15) is 25.8 Å². The van der Waals surface area contributed by atoms with E-state index in [2.05, 4.69) is 11.7 Å². The molecule has 6 heteroatoms. The van der Waals surface area contributed by atoms with Gasteiger partial charge in [-0.25, -0.2) is 9.69 Å². The van der Waals surface area contributed by atoms with Gasteiger partial charge in [-0.3, -0.25) is 4.79 Å². The maximum absolute atomic E-state index is 12.4. The highest BCUT2D eigenvalue weighted by Gasteiger charge is 2.42. The first kappa shape index (κ1) is 15.8. The maximum Gasteiger partial charge on any atom is 0.332 e. The Morgan fingerprint density at radius 2 is 2.00 bits per heavy atom. The number of nitrogens with zero attached hydrogens (tertiary/aromatic N) is 3. The van der Waals surface area contributed by atoms with Crippen molar-refractivity contribution in [2.75, 3.05) is 11.4 Å². The number of hydrogen-bond donors (Lipinski definition) is 1. The van der Waals surface area contributed by atoms with E-state index in [9.17, 15) is 9.59 Å². The van der Waals surface area contributed by atoms with Crippen molar-refractivity contribution in [1.29, 1.82) is 0 Å². The lowest BCUT2D eigenvalue weighted by atomic mass is 10.1. The number of amides is 3. The fourth-order valence-electron chi connectivity index (χ4n) is 2.46. The molecule has 1 N–H and O–H groups in total. The van der Waals surface area contributed by atoms with Gasteiger partial charge in [-0.05, 0) is 31.0 Å². The van der Waals surface area contributed by atoms with Gasteiger partial charge in [-0.1, -0.05) is 30.3 Å². The van der Waals surface area contributed by atoms with Gasteiger partial charge in [0.05, 0.1) is 11.4 Å². The van der Waals surface area contributed by atoms with E-state index in [0.717, 1.165) is 5.56 Å². The normalized spacial score (nSPS) is 19.0. The lowest BCUT2D eigenvalue weighted by molar-refractivity contribution is -0.119. The van der Waals surface area contributed by atoms with E-state index in [4.69, 9.17) is 5.21 Å². The average molecular weight is 301 g/mol. The van der Waals surface area contributed by atoms with E-state index in [1.54, 1.807) is 37.3 Å². The van der Waals surface area contributed by atoms with Gasteiger partial charge in [-0.2, -0.15) is 0 Å². The number of hydrogen-bond acceptors (Lipinski definition) is 4. The molecule has 0 aromatic heterocycles. The molecule has 0 saturated carbocycles. The van der Waals surface area contributed by atoms with Crippen molar-refractivity contribution in [3.63, 3.8) is 0 Å². The topological polar surface area (TPSA) is 73.2 Å². The highest BCUT2D eigenvalue weighted by atomic mass is 16.4. The van der Waals surface area contributed by atoms with Crippen molar-refractivity contribution in [3.05, 3.63) is 42.5 Å². The van der Waals surface area contributed by atoms with Crippen LogP contribution >= 0.6 is 0 Å². The standard InChI is InChI=1S/C16H19N3O3/c1-4-10-18-11(3)15(20)19(16(18)21)13-8-6-12(7-9-13)14(5-2)17-22/h4,6-9,11,22H,1,5,10H2,2-3H3/b17-14+. The molecule has 6 nitrogen and oxygen atoms in total. The number of carbonyl (C=O) groups excluding carboxylic acids is 2. The first-order valence-corrected chi connectivity index (χ1v) is 7.12. The Morgan fingerprint density at radius 1 is 1.36 bits per heavy atom. The first-order valence-electron chi connectivity index (χ1n) is 7.12. The molecule has 0 aliphatic carbocycles. The van der Waals surface area contributed by atoms with Gasteiger partial charge in [0.15, 0.2) is 0 Å². The predicted octanol–water partition coefficient (Wildman–Crippen LogP) is 2.62. The first-order chi connectivity index (χ1) is 10.5. The zero-order chi connectivity index (χ0) is 16.3. The zero-order valence-corrected chi connectivity index (χ0v) is 12.7. The van der Waals surface area contributed by atoms with E-state index in [0.29, 0.717) is 24.4 Å². The van der Waals surface area contributed by atoms with Gasteiger partial charge in [0.25, 0.3) is 5.91 Å². The molecule has 0 radical (unpaired) electrons. The Hall–Kier alpha value is -2.63. The molecule has 1 saturated heterocycles. The third-order valence-electron chi connectivity index (χ3n) is 3.72. The molecule has 1 aromatic rings. The highest BCUT2D eigenvalue weighted by Crippen LogP contribution is 2.25. The summed E-state index contributed by atoms with van der Waals surface area (Å²) >= 11 is 0. The van der Waals surface area contributed by atoms with Crippen LogP contribution in [0.3, 0.4) is 0 Å². The third kappa shape index (κ3) is 2.59. The summed E-state index contributed by atoms with van der Waals surface area (Å²) in [6, 6.07) is 5.96. The van der Waals surface area contributed by atoms with Crippen LogP contribution in [0.2, 0.25) is 0 Å². The fraction of sp³-hybridized carbons (Fsp3) is 0.312. The van der Waals surface area contributed by atoms with Crippen LogP contribution < -0.4 is 4.90 Å². The molecule has 1 aromatic carbocycles. The number of benzene rings is 1. The predicted molar refractivity (Wildman–Crippen MR) is 84.3 cm³/mol. The van der Waals surface area contributed by atoms with Crippen LogP contribution in [0.25, 0.3) is 0 Å². The molecule has 1 atom stereocenters. The van der Waals surface area contributed by atoms with Crippen LogP contribution in [0, 0.1) is 0 Å². The molecule has 1 aliphatic heterocycles. The molecule has 2 rings (SSSR count). The molecule has 1 unspecified atom stereocenters. The lowest BCUT2D eigenvalue weighted by Gasteiger charge is -2.17. The SMILES string of the molecule is C=CCN1C(=O)N(c2ccc(/C(CC)=N/O)cc2)C(=O)C1C. The summed E-state index contributed by atoms with van der Waals surface area (Å²) in [6.07, 6.45) is 2.18. The number of oxime groups is 1. The van der Waals surface area contributed by atoms with E-state index in [1.807, 2.05) is 6.92 Å². The second-order valence-electron chi connectivity index (χ2n) is 5.02. The second-order valence-corrected chi connectivity index (χ2v) is 5.02. The minimum atomic E-state index is -0.504. The summed E-state index contributed by atoms with van der Waals surface area (Å²) in [5, 5.41) is 12.2. The average Bonchev–Trinajstić information content (AvgIpc) is 2.74. The van der Waals surface area contributed by atoms with Crippen LogP contribution in [0.4, 0.5) is 10.5 Å². The Kier molecular flexibility index (Phi) is 4.60. The summed E-state index contributed by atoms with van der Waals surface area (Å²) in [5.74, 6) is -0.258. The van der Waals surface area contributed by atoms with Crippen LogP contribution in [0.15, 0.2) is 42.1 Å². The summed E-state index contributed by atoms with van der Waals surface area (Å²) in [4.78, 5) is 27.3. The Morgan fingerprint density at radius 3 is 2.50 bits per heavy atom. The van der Waals surface area contributed by atoms with E-state index < -0.39 is 6.04 Å². The number of urea groups is 1. The maximum atomic E-state index is 12.4. The molecule has 3 amide bonds. The van der Waals surface area contributed by atoms with Gasteiger partial charge >= 0.3 is 6.03 Å². The highest BCUT2D eigenvalue weighted by molar-refractivity contribution is 6.21. The van der Waals surface area contributed by atoms with Crippen molar-refractivity contribution in [1.82, 2.24) is 4.90 Å². The molecule has 22 heavy (non-hydrogen) atoms. The molecule has 1 aliphatic rings. The third-order valence-corrected chi connectivity index (χ3v) is 3.72. The van der Waals surface area contributed by atoms with Gasteiger partial charge in [0.2, 0.25) is 0 Å². The van der Waals surface area contributed by atoms with Crippen molar-refractivity contribution in [2.45, 2.75) is 26.3 Å². The van der Waals surface area contributed by atoms with E-state index >= 15 is 0 Å². The van der Waals surface area contributed by atoms with Gasteiger partial charge in [0, 0.05) is 6.54 Å². The summed E-state index contributed by atoms with van der Waals surface area (Å²) in [6.45, 7) is 7.52. The molecule has 116 valence electrons. The quantitative estimate of drug-likeness (QED) is 0.299. The molecule has 0 bridgehead atoms. The minimum Gasteiger partial charge on any atom is -0.411 e. The van der Waals surface area contributed by atoms with Crippen molar-refractivity contribution in [2.24, 2.45) is 5.16 Å². The van der Waals surface area contributed by atoms with Gasteiger partial charge in [-0.15, -0.1) is 6.58 Å². The van der Waals surface area contributed by atoms with Crippen LogP contribution in [-0.4, -0.2) is 40.3 Å². The number of carbonyl (C=O) groups is 2. The lowest BCUT2D eigenvalue weighted by Crippen LogP contribution is -2.33. The summed E-state index contributed by atoms with van der Waals surface area (Å²) in [7, 11) is 0. The fourth-order valence-corrected chi connectivity index (χ4v) is 2.46. The number of anilines is 1. The van der Waals surface area contributed by atoms with Gasteiger partial charge in [0.1, 0.15) is 6.04 Å². The van der Waals surface area contributed by atoms with Gasteiger partial charge < -0.3 is 10.1 Å². The second kappa shape index (κ2) is 6.43.